The van der Waals surface area contributed by atoms with Gasteiger partial charge in [-0.15, -0.1) is 0 Å². The zero-order chi connectivity index (χ0) is 14.4. The minimum absolute atomic E-state index is 0.264. The number of nitrogens with zero attached hydrogens (tertiary/aromatic N) is 1. The SMILES string of the molecule is C[C@H](N=[P+]([O-])Oc1ccccc1)C(=O)OCC1COC1. The van der Waals surface area contributed by atoms with E-state index in [1.165, 1.54) is 6.92 Å². The lowest BCUT2D eigenvalue weighted by atomic mass is 10.1. The van der Waals surface area contributed by atoms with Crippen molar-refractivity contribution in [2.45, 2.75) is 13.0 Å². The van der Waals surface area contributed by atoms with Crippen LogP contribution < -0.4 is 9.42 Å². The van der Waals surface area contributed by atoms with Crippen LogP contribution in [0.1, 0.15) is 6.92 Å². The van der Waals surface area contributed by atoms with Crippen molar-refractivity contribution >= 4 is 14.1 Å². The van der Waals surface area contributed by atoms with Crippen LogP contribution in [0, 0.1) is 5.92 Å². The van der Waals surface area contributed by atoms with E-state index in [4.69, 9.17) is 14.0 Å². The van der Waals surface area contributed by atoms with Gasteiger partial charge in [0.15, 0.2) is 11.8 Å². The van der Waals surface area contributed by atoms with Gasteiger partial charge in [0.25, 0.3) is 0 Å². The van der Waals surface area contributed by atoms with E-state index in [0.29, 0.717) is 25.6 Å². The van der Waals surface area contributed by atoms with Gasteiger partial charge in [-0.2, -0.15) is 0 Å². The Bertz CT molecular complexity index is 475. The molecule has 1 aromatic rings. The van der Waals surface area contributed by atoms with E-state index in [9.17, 15) is 9.69 Å². The highest BCUT2D eigenvalue weighted by atomic mass is 31.1. The van der Waals surface area contributed by atoms with Crippen molar-refractivity contribution < 1.29 is 23.7 Å². The largest absolute Gasteiger partial charge is 0.575 e. The summed E-state index contributed by atoms with van der Waals surface area (Å²) in [6.07, 6.45) is 0. The first-order valence-electron chi connectivity index (χ1n) is 6.30. The number of rotatable bonds is 6. The van der Waals surface area contributed by atoms with Gasteiger partial charge in [-0.3, -0.25) is 4.52 Å². The van der Waals surface area contributed by atoms with Crippen molar-refractivity contribution in [3.05, 3.63) is 30.3 Å². The molecule has 0 spiro atoms. The molecule has 0 N–H and O–H groups in total. The molecule has 0 bridgehead atoms. The van der Waals surface area contributed by atoms with Gasteiger partial charge in [-0.05, 0) is 19.1 Å². The highest BCUT2D eigenvalue weighted by Crippen LogP contribution is 2.23. The number of ether oxygens (including phenoxy) is 2. The third kappa shape index (κ3) is 4.56. The first-order valence-corrected chi connectivity index (χ1v) is 7.43. The van der Waals surface area contributed by atoms with Crippen LogP contribution in [0.3, 0.4) is 0 Å². The van der Waals surface area contributed by atoms with Crippen molar-refractivity contribution in [3.8, 4) is 5.75 Å². The van der Waals surface area contributed by atoms with E-state index >= 15 is 0 Å². The molecule has 1 saturated heterocycles. The summed E-state index contributed by atoms with van der Waals surface area (Å²) >= 11 is 0. The van der Waals surface area contributed by atoms with E-state index in [0.717, 1.165) is 0 Å². The lowest BCUT2D eigenvalue weighted by molar-refractivity contribution is -0.170. The summed E-state index contributed by atoms with van der Waals surface area (Å²) in [4.78, 5) is 23.3. The van der Waals surface area contributed by atoms with Crippen LogP contribution in [0.5, 0.6) is 5.75 Å². The summed E-state index contributed by atoms with van der Waals surface area (Å²) in [6.45, 7) is 3.07. The van der Waals surface area contributed by atoms with E-state index in [1.807, 2.05) is 6.07 Å². The lowest BCUT2D eigenvalue weighted by Crippen LogP contribution is -2.33. The Kier molecular flexibility index (Phi) is 5.47. The number of carbonyl (C=O) groups excluding carboxylic acids is 1. The first-order chi connectivity index (χ1) is 9.65. The second-order valence-electron chi connectivity index (χ2n) is 4.47. The summed E-state index contributed by atoms with van der Waals surface area (Å²) in [5.74, 6) is 0.210. The zero-order valence-corrected chi connectivity index (χ0v) is 12.0. The molecule has 1 aliphatic heterocycles. The molecule has 7 heteroatoms. The van der Waals surface area contributed by atoms with E-state index in [2.05, 4.69) is 4.74 Å². The highest BCUT2D eigenvalue weighted by molar-refractivity contribution is 7.34. The van der Waals surface area contributed by atoms with Crippen LogP contribution in [-0.2, 0) is 14.3 Å². The molecule has 20 heavy (non-hydrogen) atoms. The molecule has 1 unspecified atom stereocenters. The maximum Gasteiger partial charge on any atom is 0.395 e. The normalized spacial score (nSPS) is 17.2. The highest BCUT2D eigenvalue weighted by Gasteiger charge is 2.23. The topological polar surface area (TPSA) is 80.2 Å². The van der Waals surface area contributed by atoms with Crippen molar-refractivity contribution in [2.75, 3.05) is 19.8 Å². The van der Waals surface area contributed by atoms with Crippen LogP contribution in [0.15, 0.2) is 35.1 Å². The molecule has 0 aromatic heterocycles. The van der Waals surface area contributed by atoms with Gasteiger partial charge in [0.1, 0.15) is 0 Å². The summed E-state index contributed by atoms with van der Waals surface area (Å²) in [7, 11) is -2.29. The molecular weight excluding hydrogens is 281 g/mol. The monoisotopic (exact) mass is 297 g/mol. The molecule has 0 radical (unpaired) electrons. The number of esters is 1. The number of carbonyl (C=O) groups is 1. The Labute approximate surface area is 118 Å². The number of hydrogen-bond acceptors (Lipinski definition) is 6. The van der Waals surface area contributed by atoms with Gasteiger partial charge in [-0.25, -0.2) is 4.79 Å². The molecule has 1 aliphatic rings. The van der Waals surface area contributed by atoms with Gasteiger partial charge in [0.05, 0.1) is 19.8 Å². The van der Waals surface area contributed by atoms with Crippen LogP contribution in [0.4, 0.5) is 0 Å². The van der Waals surface area contributed by atoms with Crippen molar-refractivity contribution in [2.24, 2.45) is 10.7 Å². The second-order valence-corrected chi connectivity index (χ2v) is 5.36. The fourth-order valence-electron chi connectivity index (χ4n) is 1.48. The molecule has 0 aliphatic carbocycles. The predicted octanol–water partition coefficient (Wildman–Crippen LogP) is 1.50. The zero-order valence-electron chi connectivity index (χ0n) is 11.1. The molecule has 1 fully saturated rings. The lowest BCUT2D eigenvalue weighted by Gasteiger charge is -2.25. The average Bonchev–Trinajstić information content (AvgIpc) is 2.37. The summed E-state index contributed by atoms with van der Waals surface area (Å²) in [5.41, 5.74) is 0. The predicted molar refractivity (Wildman–Crippen MR) is 71.1 cm³/mol. The smallest absolute Gasteiger partial charge is 0.395 e. The molecule has 0 saturated carbocycles. The minimum atomic E-state index is -2.29. The molecular formula is C13H16NO5P. The van der Waals surface area contributed by atoms with Crippen molar-refractivity contribution in [1.82, 2.24) is 0 Å². The molecule has 0 amide bonds. The summed E-state index contributed by atoms with van der Waals surface area (Å²) in [5, 5.41) is 0. The van der Waals surface area contributed by atoms with Gasteiger partial charge >= 0.3 is 14.1 Å². The molecule has 2 atom stereocenters. The van der Waals surface area contributed by atoms with Gasteiger partial charge < -0.3 is 14.4 Å². The molecule has 108 valence electrons. The van der Waals surface area contributed by atoms with Crippen LogP contribution in [0.25, 0.3) is 0 Å². The van der Waals surface area contributed by atoms with Gasteiger partial charge in [-0.1, -0.05) is 22.9 Å². The first kappa shape index (κ1) is 14.9. The molecule has 2 rings (SSSR count). The second kappa shape index (κ2) is 7.33. The third-order valence-corrected chi connectivity index (χ3v) is 3.61. The molecule has 1 heterocycles. The van der Waals surface area contributed by atoms with Gasteiger partial charge in [0.2, 0.25) is 0 Å². The molecule has 6 nitrogen and oxygen atoms in total. The Morgan fingerprint density at radius 3 is 2.80 bits per heavy atom. The maximum absolute atomic E-state index is 11.7. The van der Waals surface area contributed by atoms with Crippen LogP contribution >= 0.6 is 8.17 Å². The summed E-state index contributed by atoms with van der Waals surface area (Å²) < 4.78 is 18.9. The van der Waals surface area contributed by atoms with E-state index in [1.54, 1.807) is 24.3 Å². The average molecular weight is 297 g/mol. The third-order valence-electron chi connectivity index (χ3n) is 2.70. The molecule has 1 aromatic carbocycles. The van der Waals surface area contributed by atoms with E-state index in [-0.39, 0.29) is 5.92 Å². The summed E-state index contributed by atoms with van der Waals surface area (Å²) in [6, 6.07) is 7.86. The Balaban J connectivity index is 1.79. The number of para-hydroxylation sites is 1. The Morgan fingerprint density at radius 1 is 1.50 bits per heavy atom. The Morgan fingerprint density at radius 2 is 2.20 bits per heavy atom. The van der Waals surface area contributed by atoms with Crippen molar-refractivity contribution in [1.29, 1.82) is 0 Å². The standard InChI is InChI=1S/C13H16NO5P/c1-10(13(15)18-9-11-7-17-8-11)14-20(16)19-12-5-3-2-4-6-12/h2-6,10-11H,7-9H2,1H3/t10-/m0/s1. The number of hydrogen-bond donors (Lipinski definition) is 0. The van der Waals surface area contributed by atoms with Crippen molar-refractivity contribution in [3.63, 3.8) is 0 Å². The fraction of sp³-hybridized carbons (Fsp3) is 0.462. The van der Waals surface area contributed by atoms with Gasteiger partial charge in [0, 0.05) is 5.92 Å². The van der Waals surface area contributed by atoms with E-state index < -0.39 is 20.2 Å². The fourth-order valence-corrected chi connectivity index (χ4v) is 2.21. The number of benzene rings is 1. The van der Waals surface area contributed by atoms with Crippen LogP contribution in [-0.4, -0.2) is 31.8 Å². The quantitative estimate of drug-likeness (QED) is 0.587. The Hall–Kier alpha value is -1.49. The minimum Gasteiger partial charge on any atom is -0.575 e. The maximum atomic E-state index is 11.7. The van der Waals surface area contributed by atoms with Crippen LogP contribution in [0.2, 0.25) is 0 Å².